The highest BCUT2D eigenvalue weighted by molar-refractivity contribution is 9.10. The Hall–Kier alpha value is -3.59. The summed E-state index contributed by atoms with van der Waals surface area (Å²) in [6, 6.07) is 15.8. The number of carbonyl (C=O) groups excluding carboxylic acids is 2. The van der Waals surface area contributed by atoms with Gasteiger partial charge in [0.2, 0.25) is 5.91 Å². The fourth-order valence-electron chi connectivity index (χ4n) is 2.94. The van der Waals surface area contributed by atoms with Crippen LogP contribution >= 0.6 is 15.9 Å². The molecule has 0 aliphatic carbocycles. The molecule has 0 radical (unpaired) electrons. The predicted octanol–water partition coefficient (Wildman–Crippen LogP) is 3.16. The highest BCUT2D eigenvalue weighted by atomic mass is 79.9. The third-order valence-electron chi connectivity index (χ3n) is 4.50. The van der Waals surface area contributed by atoms with Crippen molar-refractivity contribution in [1.29, 1.82) is 0 Å². The van der Waals surface area contributed by atoms with Gasteiger partial charge in [-0.15, -0.1) is 0 Å². The monoisotopic (exact) mass is 465 g/mol. The van der Waals surface area contributed by atoms with Crippen molar-refractivity contribution in [3.8, 4) is 11.3 Å². The van der Waals surface area contributed by atoms with Crippen LogP contribution in [0.4, 0.5) is 5.69 Å². The number of hydrogen-bond acceptors (Lipinski definition) is 5. The van der Waals surface area contributed by atoms with Gasteiger partial charge in [0.05, 0.1) is 5.69 Å². The van der Waals surface area contributed by atoms with Gasteiger partial charge in [0.15, 0.2) is 5.78 Å². The highest BCUT2D eigenvalue weighted by Crippen LogP contribution is 2.20. The summed E-state index contributed by atoms with van der Waals surface area (Å²) in [5.41, 5.74) is 2.48. The number of benzene rings is 2. The summed E-state index contributed by atoms with van der Waals surface area (Å²) >= 11 is 3.39. The van der Waals surface area contributed by atoms with Crippen LogP contribution < -0.4 is 10.9 Å². The topological polar surface area (TPSA) is 98.4 Å². The normalized spacial score (nSPS) is 10.9. The quantitative estimate of drug-likeness (QED) is 0.456. The maximum atomic E-state index is 12.7. The molecule has 0 fully saturated rings. The minimum atomic E-state index is -0.421. The van der Waals surface area contributed by atoms with Gasteiger partial charge in [0.1, 0.15) is 18.4 Å². The maximum Gasteiger partial charge on any atom is 0.293 e. The molecule has 0 spiro atoms. The summed E-state index contributed by atoms with van der Waals surface area (Å²) in [7, 11) is 0. The van der Waals surface area contributed by atoms with E-state index in [1.165, 1.54) is 17.8 Å². The Morgan fingerprint density at radius 3 is 2.43 bits per heavy atom. The van der Waals surface area contributed by atoms with Crippen molar-refractivity contribution in [1.82, 2.24) is 19.4 Å². The van der Waals surface area contributed by atoms with Crippen LogP contribution in [0.1, 0.15) is 17.3 Å². The number of carbonyl (C=O) groups is 2. The molecule has 0 atom stereocenters. The first-order chi connectivity index (χ1) is 14.4. The smallest absolute Gasteiger partial charge is 0.293 e. The van der Waals surface area contributed by atoms with Crippen LogP contribution in [0.2, 0.25) is 0 Å². The molecule has 2 aromatic carbocycles. The van der Waals surface area contributed by atoms with Crippen LogP contribution in [0.25, 0.3) is 16.8 Å². The highest BCUT2D eigenvalue weighted by Gasteiger charge is 2.12. The molecule has 4 rings (SSSR count). The van der Waals surface area contributed by atoms with Crippen molar-refractivity contribution < 1.29 is 9.59 Å². The van der Waals surface area contributed by atoms with E-state index in [9.17, 15) is 14.4 Å². The van der Waals surface area contributed by atoms with E-state index in [2.05, 4.69) is 31.4 Å². The van der Waals surface area contributed by atoms with Crippen molar-refractivity contribution >= 4 is 38.8 Å². The number of aromatic nitrogens is 4. The van der Waals surface area contributed by atoms with E-state index >= 15 is 0 Å². The number of anilines is 1. The number of nitrogens with zero attached hydrogens (tertiary/aromatic N) is 4. The lowest BCUT2D eigenvalue weighted by Gasteiger charge is -2.07. The number of rotatable bonds is 5. The first kappa shape index (κ1) is 19.7. The lowest BCUT2D eigenvalue weighted by molar-refractivity contribution is -0.117. The first-order valence-corrected chi connectivity index (χ1v) is 9.82. The summed E-state index contributed by atoms with van der Waals surface area (Å²) in [6.07, 6.45) is 1.40. The fourth-order valence-corrected chi connectivity index (χ4v) is 3.20. The molecule has 8 nitrogen and oxygen atoms in total. The van der Waals surface area contributed by atoms with Crippen LogP contribution in [-0.4, -0.2) is 31.1 Å². The molecule has 9 heteroatoms. The third-order valence-corrected chi connectivity index (χ3v) is 5.03. The fraction of sp³-hybridized carbons (Fsp3) is 0.0952. The zero-order chi connectivity index (χ0) is 21.3. The Kier molecular flexibility index (Phi) is 5.28. The van der Waals surface area contributed by atoms with E-state index < -0.39 is 11.5 Å². The van der Waals surface area contributed by atoms with E-state index in [1.54, 1.807) is 30.3 Å². The lowest BCUT2D eigenvalue weighted by Crippen LogP contribution is -2.30. The molecule has 4 aromatic rings. The van der Waals surface area contributed by atoms with E-state index in [0.29, 0.717) is 22.5 Å². The van der Waals surface area contributed by atoms with Gasteiger partial charge in [-0.25, -0.2) is 9.20 Å². The van der Waals surface area contributed by atoms with Gasteiger partial charge in [-0.05, 0) is 49.4 Å². The maximum absolute atomic E-state index is 12.7. The standard InChI is InChI=1S/C21H16BrN5O3/c1-13(28)14-4-8-17(9-5-14)24-20(29)11-26-21(30)19-10-18(25-27(19)12-23-26)15-2-6-16(22)7-3-15/h2-10,12H,11H2,1H3,(H,24,29). The minimum absolute atomic E-state index is 0.0553. The Morgan fingerprint density at radius 2 is 1.77 bits per heavy atom. The molecule has 1 amide bonds. The van der Waals surface area contributed by atoms with E-state index in [4.69, 9.17) is 0 Å². The summed E-state index contributed by atoms with van der Waals surface area (Å²) in [5.74, 6) is -0.461. The average molecular weight is 466 g/mol. The van der Waals surface area contributed by atoms with Crippen LogP contribution in [-0.2, 0) is 11.3 Å². The van der Waals surface area contributed by atoms with Gasteiger partial charge in [0, 0.05) is 21.3 Å². The average Bonchev–Trinajstić information content (AvgIpc) is 3.16. The van der Waals surface area contributed by atoms with E-state index in [0.717, 1.165) is 14.7 Å². The Balaban J connectivity index is 1.54. The van der Waals surface area contributed by atoms with Gasteiger partial charge in [0.25, 0.3) is 5.56 Å². The number of nitrogens with one attached hydrogen (secondary N) is 1. The van der Waals surface area contributed by atoms with Crippen molar-refractivity contribution in [2.45, 2.75) is 13.5 Å². The molecule has 0 aliphatic heterocycles. The molecule has 0 aliphatic rings. The SMILES string of the molecule is CC(=O)c1ccc(NC(=O)Cn2ncn3nc(-c4ccc(Br)cc4)cc3c2=O)cc1. The summed E-state index contributed by atoms with van der Waals surface area (Å²) in [4.78, 5) is 36.4. The Bertz CT molecular complexity index is 1310. The Labute approximate surface area is 179 Å². The molecule has 2 aromatic heterocycles. The van der Waals surface area contributed by atoms with Crippen LogP contribution in [0.5, 0.6) is 0 Å². The van der Waals surface area contributed by atoms with Gasteiger partial charge < -0.3 is 5.32 Å². The number of hydrogen-bond donors (Lipinski definition) is 1. The van der Waals surface area contributed by atoms with Crippen molar-refractivity contribution in [3.05, 3.63) is 81.3 Å². The summed E-state index contributed by atoms with van der Waals surface area (Å²) in [5, 5.41) is 11.1. The number of Topliss-reactive ketones (excluding diaryl/α,β-unsaturated/α-hetero) is 1. The lowest BCUT2D eigenvalue weighted by atomic mass is 10.1. The number of amides is 1. The molecule has 1 N–H and O–H groups in total. The summed E-state index contributed by atoms with van der Waals surface area (Å²) < 4.78 is 3.43. The largest absolute Gasteiger partial charge is 0.324 e. The predicted molar refractivity (Wildman–Crippen MR) is 115 cm³/mol. The molecule has 150 valence electrons. The second kappa shape index (κ2) is 8.03. The zero-order valence-electron chi connectivity index (χ0n) is 15.9. The van der Waals surface area contributed by atoms with Crippen molar-refractivity contribution in [2.24, 2.45) is 0 Å². The zero-order valence-corrected chi connectivity index (χ0v) is 17.5. The molecular weight excluding hydrogens is 450 g/mol. The second-order valence-electron chi connectivity index (χ2n) is 6.64. The molecule has 2 heterocycles. The molecule has 0 bridgehead atoms. The van der Waals surface area contributed by atoms with Crippen molar-refractivity contribution in [2.75, 3.05) is 5.32 Å². The van der Waals surface area contributed by atoms with Gasteiger partial charge in [-0.2, -0.15) is 10.2 Å². The van der Waals surface area contributed by atoms with Gasteiger partial charge in [-0.3, -0.25) is 14.4 Å². The van der Waals surface area contributed by atoms with Crippen LogP contribution in [0.15, 0.2) is 70.2 Å². The van der Waals surface area contributed by atoms with Gasteiger partial charge >= 0.3 is 0 Å². The second-order valence-corrected chi connectivity index (χ2v) is 7.56. The summed E-state index contributed by atoms with van der Waals surface area (Å²) in [6.45, 7) is 1.23. The molecule has 0 unspecified atom stereocenters. The molecule has 0 saturated carbocycles. The molecule has 0 saturated heterocycles. The van der Waals surface area contributed by atoms with Crippen LogP contribution in [0, 0.1) is 0 Å². The van der Waals surface area contributed by atoms with Crippen molar-refractivity contribution in [3.63, 3.8) is 0 Å². The minimum Gasteiger partial charge on any atom is -0.324 e. The Morgan fingerprint density at radius 1 is 1.07 bits per heavy atom. The molecular formula is C21H16BrN5O3. The van der Waals surface area contributed by atoms with E-state index in [1.807, 2.05) is 24.3 Å². The number of fused-ring (bicyclic) bond motifs is 1. The first-order valence-electron chi connectivity index (χ1n) is 9.03. The van der Waals surface area contributed by atoms with E-state index in [-0.39, 0.29) is 12.3 Å². The van der Waals surface area contributed by atoms with Crippen LogP contribution in [0.3, 0.4) is 0 Å². The van der Waals surface area contributed by atoms with Gasteiger partial charge in [-0.1, -0.05) is 28.1 Å². The molecule has 30 heavy (non-hydrogen) atoms. The number of halogens is 1. The third kappa shape index (κ3) is 4.06. The number of ketones is 1.